The van der Waals surface area contributed by atoms with Gasteiger partial charge in [-0.25, -0.2) is 0 Å². The van der Waals surface area contributed by atoms with E-state index in [1.165, 1.54) is 18.2 Å². The van der Waals surface area contributed by atoms with Crippen LogP contribution in [0, 0.1) is 17.0 Å². The Morgan fingerprint density at radius 3 is 2.67 bits per heavy atom. The topological polar surface area (TPSA) is 97.2 Å². The fourth-order valence-electron chi connectivity index (χ4n) is 1.86. The van der Waals surface area contributed by atoms with E-state index in [1.807, 2.05) is 0 Å². The first-order chi connectivity index (χ1) is 10.0. The molecule has 0 aliphatic heterocycles. The number of amides is 1. The zero-order valence-electron chi connectivity index (χ0n) is 11.6. The van der Waals surface area contributed by atoms with E-state index in [1.54, 1.807) is 32.3 Å². The van der Waals surface area contributed by atoms with Crippen molar-refractivity contribution in [2.75, 3.05) is 17.7 Å². The number of carbonyl (C=O) groups is 1. The number of nitrogens with zero attached hydrogens (tertiary/aromatic N) is 2. The number of pyridine rings is 1. The first-order valence-electron chi connectivity index (χ1n) is 6.22. The largest absolute Gasteiger partial charge is 0.387 e. The van der Waals surface area contributed by atoms with E-state index in [9.17, 15) is 14.9 Å². The van der Waals surface area contributed by atoms with Crippen molar-refractivity contribution in [2.45, 2.75) is 6.92 Å². The number of non-ortho nitro benzene ring substituents is 1. The molecule has 21 heavy (non-hydrogen) atoms. The number of hydrogen-bond donors (Lipinski definition) is 2. The number of carbonyl (C=O) groups excluding carboxylic acids is 1. The van der Waals surface area contributed by atoms with Gasteiger partial charge in [0.25, 0.3) is 11.6 Å². The van der Waals surface area contributed by atoms with Gasteiger partial charge >= 0.3 is 0 Å². The van der Waals surface area contributed by atoms with Crippen LogP contribution in [0.25, 0.3) is 0 Å². The van der Waals surface area contributed by atoms with Crippen LogP contribution in [0.1, 0.15) is 16.1 Å². The minimum absolute atomic E-state index is 0.137. The number of nitrogens with one attached hydrogen (secondary N) is 2. The molecule has 2 aromatic rings. The van der Waals surface area contributed by atoms with Gasteiger partial charge in [-0.15, -0.1) is 0 Å². The highest BCUT2D eigenvalue weighted by Crippen LogP contribution is 2.23. The number of nitro groups is 1. The van der Waals surface area contributed by atoms with Crippen molar-refractivity contribution in [3.05, 3.63) is 57.9 Å². The molecular weight excluding hydrogens is 272 g/mol. The molecule has 7 nitrogen and oxygen atoms in total. The highest BCUT2D eigenvalue weighted by atomic mass is 16.6. The van der Waals surface area contributed by atoms with Crippen LogP contribution in [0.15, 0.2) is 36.5 Å². The summed E-state index contributed by atoms with van der Waals surface area (Å²) < 4.78 is 0. The predicted octanol–water partition coefficient (Wildman–Crippen LogP) is 2.59. The number of rotatable bonds is 4. The Labute approximate surface area is 121 Å². The third-order valence-corrected chi connectivity index (χ3v) is 2.98. The third kappa shape index (κ3) is 3.14. The number of aromatic nitrogens is 1. The lowest BCUT2D eigenvalue weighted by Gasteiger charge is -2.10. The van der Waals surface area contributed by atoms with Gasteiger partial charge in [0.1, 0.15) is 0 Å². The van der Waals surface area contributed by atoms with Crippen LogP contribution >= 0.6 is 0 Å². The molecule has 2 rings (SSSR count). The van der Waals surface area contributed by atoms with Crippen LogP contribution in [0.5, 0.6) is 0 Å². The Morgan fingerprint density at radius 2 is 2.05 bits per heavy atom. The van der Waals surface area contributed by atoms with Crippen LogP contribution < -0.4 is 10.6 Å². The number of nitro benzene ring substituents is 1. The summed E-state index contributed by atoms with van der Waals surface area (Å²) in [4.78, 5) is 26.7. The Morgan fingerprint density at radius 1 is 1.29 bits per heavy atom. The van der Waals surface area contributed by atoms with Gasteiger partial charge < -0.3 is 10.6 Å². The van der Waals surface area contributed by atoms with Gasteiger partial charge in [0, 0.05) is 31.1 Å². The van der Waals surface area contributed by atoms with Gasteiger partial charge in [0.15, 0.2) is 0 Å². The molecule has 1 heterocycles. The lowest BCUT2D eigenvalue weighted by atomic mass is 10.1. The van der Waals surface area contributed by atoms with E-state index >= 15 is 0 Å². The summed E-state index contributed by atoms with van der Waals surface area (Å²) in [6, 6.07) is 7.51. The molecule has 1 aromatic carbocycles. The molecule has 1 amide bonds. The molecule has 0 aliphatic carbocycles. The number of anilines is 2. The van der Waals surface area contributed by atoms with Gasteiger partial charge in [0.05, 0.1) is 21.9 Å². The Balaban J connectivity index is 2.36. The van der Waals surface area contributed by atoms with Crippen LogP contribution in [0.2, 0.25) is 0 Å². The van der Waals surface area contributed by atoms with Crippen molar-refractivity contribution in [3.63, 3.8) is 0 Å². The second-order valence-corrected chi connectivity index (χ2v) is 4.33. The van der Waals surface area contributed by atoms with Gasteiger partial charge in [-0.2, -0.15) is 0 Å². The maximum Gasteiger partial charge on any atom is 0.270 e. The Bertz CT molecular complexity index is 700. The predicted molar refractivity (Wildman–Crippen MR) is 79.6 cm³/mol. The number of aryl methyl sites for hydroxylation is 1. The van der Waals surface area contributed by atoms with Crippen molar-refractivity contribution < 1.29 is 9.72 Å². The van der Waals surface area contributed by atoms with E-state index in [4.69, 9.17) is 0 Å². The fraction of sp³-hybridized carbons (Fsp3) is 0.143. The highest BCUT2D eigenvalue weighted by Gasteiger charge is 2.17. The van der Waals surface area contributed by atoms with Crippen LogP contribution in [0.3, 0.4) is 0 Å². The Kier molecular flexibility index (Phi) is 4.13. The highest BCUT2D eigenvalue weighted by molar-refractivity contribution is 6.08. The van der Waals surface area contributed by atoms with Crippen molar-refractivity contribution >= 4 is 23.0 Å². The second kappa shape index (κ2) is 6.00. The standard InChI is InChI=1S/C14H14N4O3/c1-9-12(4-3-7-16-9)17-14(19)11-8-10(18(20)21)5-6-13(11)15-2/h3-8,15H,1-2H3,(H,17,19). The van der Waals surface area contributed by atoms with E-state index < -0.39 is 10.8 Å². The average Bonchev–Trinajstić information content (AvgIpc) is 2.48. The summed E-state index contributed by atoms with van der Waals surface area (Å²) >= 11 is 0. The summed E-state index contributed by atoms with van der Waals surface area (Å²) in [6.07, 6.45) is 1.62. The molecular formula is C14H14N4O3. The molecule has 108 valence electrons. The van der Waals surface area contributed by atoms with E-state index in [-0.39, 0.29) is 11.3 Å². The second-order valence-electron chi connectivity index (χ2n) is 4.33. The molecule has 0 bridgehead atoms. The average molecular weight is 286 g/mol. The maximum atomic E-state index is 12.3. The molecule has 0 aliphatic rings. The van der Waals surface area contributed by atoms with E-state index in [0.717, 1.165) is 0 Å². The first kappa shape index (κ1) is 14.4. The van der Waals surface area contributed by atoms with Crippen molar-refractivity contribution in [1.82, 2.24) is 4.98 Å². The van der Waals surface area contributed by atoms with Crippen LogP contribution in [-0.4, -0.2) is 22.9 Å². The summed E-state index contributed by atoms with van der Waals surface area (Å²) in [5, 5.41) is 16.4. The zero-order chi connectivity index (χ0) is 15.4. The molecule has 0 radical (unpaired) electrons. The monoisotopic (exact) mass is 286 g/mol. The summed E-state index contributed by atoms with van der Waals surface area (Å²) in [6.45, 7) is 1.77. The minimum atomic E-state index is -0.536. The number of hydrogen-bond acceptors (Lipinski definition) is 5. The molecule has 0 atom stereocenters. The molecule has 7 heteroatoms. The third-order valence-electron chi connectivity index (χ3n) is 2.98. The molecule has 2 N–H and O–H groups in total. The molecule has 0 unspecified atom stereocenters. The quantitative estimate of drug-likeness (QED) is 0.665. The number of benzene rings is 1. The fourth-order valence-corrected chi connectivity index (χ4v) is 1.86. The molecule has 1 aromatic heterocycles. The van der Waals surface area contributed by atoms with E-state index in [0.29, 0.717) is 17.1 Å². The lowest BCUT2D eigenvalue weighted by Crippen LogP contribution is -2.15. The van der Waals surface area contributed by atoms with Crippen LogP contribution in [-0.2, 0) is 0 Å². The SMILES string of the molecule is CNc1ccc([N+](=O)[O-])cc1C(=O)Nc1cccnc1C. The van der Waals surface area contributed by atoms with Gasteiger partial charge in [-0.3, -0.25) is 19.9 Å². The molecule has 0 saturated carbocycles. The molecule has 0 fully saturated rings. The van der Waals surface area contributed by atoms with Gasteiger partial charge in [-0.05, 0) is 25.1 Å². The van der Waals surface area contributed by atoms with Crippen molar-refractivity contribution in [1.29, 1.82) is 0 Å². The van der Waals surface area contributed by atoms with Crippen LogP contribution in [0.4, 0.5) is 17.1 Å². The smallest absolute Gasteiger partial charge is 0.270 e. The van der Waals surface area contributed by atoms with Gasteiger partial charge in [-0.1, -0.05) is 0 Å². The maximum absolute atomic E-state index is 12.3. The zero-order valence-corrected chi connectivity index (χ0v) is 11.6. The first-order valence-corrected chi connectivity index (χ1v) is 6.22. The van der Waals surface area contributed by atoms with Gasteiger partial charge in [0.2, 0.25) is 0 Å². The lowest BCUT2D eigenvalue weighted by molar-refractivity contribution is -0.384. The van der Waals surface area contributed by atoms with Crippen molar-refractivity contribution in [3.8, 4) is 0 Å². The molecule has 0 spiro atoms. The Hall–Kier alpha value is -2.96. The van der Waals surface area contributed by atoms with Crippen molar-refractivity contribution in [2.24, 2.45) is 0 Å². The normalized spacial score (nSPS) is 10.0. The molecule has 0 saturated heterocycles. The van der Waals surface area contributed by atoms with E-state index in [2.05, 4.69) is 15.6 Å². The minimum Gasteiger partial charge on any atom is -0.387 e. The summed E-state index contributed by atoms with van der Waals surface area (Å²) in [7, 11) is 1.65. The summed E-state index contributed by atoms with van der Waals surface area (Å²) in [5.74, 6) is -0.431. The summed E-state index contributed by atoms with van der Waals surface area (Å²) in [5.41, 5.74) is 1.81.